The van der Waals surface area contributed by atoms with Crippen LogP contribution in [-0.2, 0) is 0 Å². The third-order valence-electron chi connectivity index (χ3n) is 3.54. The SMILES string of the molecule is CN1CC(N2CCC(CN)CC2)C1. The second-order valence-corrected chi connectivity index (χ2v) is 4.59. The maximum atomic E-state index is 5.67. The van der Waals surface area contributed by atoms with Crippen molar-refractivity contribution < 1.29 is 0 Å². The lowest BCUT2D eigenvalue weighted by Gasteiger charge is -2.46. The van der Waals surface area contributed by atoms with Gasteiger partial charge >= 0.3 is 0 Å². The number of piperidine rings is 1. The first-order valence-corrected chi connectivity index (χ1v) is 5.42. The van der Waals surface area contributed by atoms with Crippen LogP contribution in [0.15, 0.2) is 0 Å². The molecule has 2 saturated heterocycles. The van der Waals surface area contributed by atoms with Crippen molar-refractivity contribution in [3.8, 4) is 0 Å². The van der Waals surface area contributed by atoms with Crippen molar-refractivity contribution in [3.63, 3.8) is 0 Å². The Kier molecular flexibility index (Phi) is 2.86. The van der Waals surface area contributed by atoms with Crippen LogP contribution in [-0.4, -0.2) is 55.6 Å². The number of likely N-dealkylation sites (tertiary alicyclic amines) is 2. The molecule has 0 aromatic carbocycles. The predicted octanol–water partition coefficient (Wildman–Crippen LogP) is -0.0289. The van der Waals surface area contributed by atoms with Gasteiger partial charge in [0.1, 0.15) is 0 Å². The van der Waals surface area contributed by atoms with Gasteiger partial charge in [0.2, 0.25) is 0 Å². The fourth-order valence-corrected chi connectivity index (χ4v) is 2.45. The van der Waals surface area contributed by atoms with Crippen LogP contribution in [0.1, 0.15) is 12.8 Å². The van der Waals surface area contributed by atoms with Crippen LogP contribution < -0.4 is 5.73 Å². The van der Waals surface area contributed by atoms with Crippen molar-refractivity contribution >= 4 is 0 Å². The minimum atomic E-state index is 0.800. The van der Waals surface area contributed by atoms with E-state index in [1.807, 2.05) is 0 Å². The predicted molar refractivity (Wildman–Crippen MR) is 54.6 cm³/mol. The van der Waals surface area contributed by atoms with Gasteiger partial charge in [-0.1, -0.05) is 0 Å². The van der Waals surface area contributed by atoms with Gasteiger partial charge in [0.25, 0.3) is 0 Å². The molecule has 3 heteroatoms. The summed E-state index contributed by atoms with van der Waals surface area (Å²) >= 11 is 0. The van der Waals surface area contributed by atoms with Gasteiger partial charge in [-0.25, -0.2) is 0 Å². The zero-order valence-corrected chi connectivity index (χ0v) is 8.58. The average Bonchev–Trinajstić information content (AvgIpc) is 2.13. The first-order valence-electron chi connectivity index (χ1n) is 5.42. The molecule has 0 spiro atoms. The zero-order chi connectivity index (χ0) is 9.26. The van der Waals surface area contributed by atoms with E-state index in [9.17, 15) is 0 Å². The highest BCUT2D eigenvalue weighted by atomic mass is 15.3. The first kappa shape index (κ1) is 9.44. The number of nitrogens with zero attached hydrogens (tertiary/aromatic N) is 2. The Bertz CT molecular complexity index is 158. The van der Waals surface area contributed by atoms with Gasteiger partial charge in [0.15, 0.2) is 0 Å². The summed E-state index contributed by atoms with van der Waals surface area (Å²) < 4.78 is 0. The molecule has 0 aromatic rings. The second-order valence-electron chi connectivity index (χ2n) is 4.59. The molecular weight excluding hydrogens is 162 g/mol. The second kappa shape index (κ2) is 3.95. The molecule has 0 saturated carbocycles. The highest BCUT2D eigenvalue weighted by Crippen LogP contribution is 2.21. The Hall–Kier alpha value is -0.120. The van der Waals surface area contributed by atoms with Gasteiger partial charge < -0.3 is 10.6 Å². The van der Waals surface area contributed by atoms with Crippen LogP contribution in [0.2, 0.25) is 0 Å². The summed E-state index contributed by atoms with van der Waals surface area (Å²) in [6.45, 7) is 5.99. The monoisotopic (exact) mass is 183 g/mol. The highest BCUT2D eigenvalue weighted by Gasteiger charge is 2.31. The van der Waals surface area contributed by atoms with Crippen molar-refractivity contribution in [1.29, 1.82) is 0 Å². The summed E-state index contributed by atoms with van der Waals surface area (Å²) in [7, 11) is 2.20. The largest absolute Gasteiger partial charge is 0.330 e. The topological polar surface area (TPSA) is 32.5 Å². The van der Waals surface area contributed by atoms with Crippen molar-refractivity contribution in [2.45, 2.75) is 18.9 Å². The smallest absolute Gasteiger partial charge is 0.0350 e. The molecule has 2 heterocycles. The normalized spacial score (nSPS) is 29.1. The molecule has 0 atom stereocenters. The maximum absolute atomic E-state index is 5.67. The van der Waals surface area contributed by atoms with Crippen molar-refractivity contribution in [1.82, 2.24) is 9.80 Å². The van der Waals surface area contributed by atoms with Crippen LogP contribution in [0.25, 0.3) is 0 Å². The number of nitrogens with two attached hydrogens (primary N) is 1. The van der Waals surface area contributed by atoms with Gasteiger partial charge in [0, 0.05) is 19.1 Å². The van der Waals surface area contributed by atoms with Crippen molar-refractivity contribution in [3.05, 3.63) is 0 Å². The Labute approximate surface area is 80.9 Å². The number of rotatable bonds is 2. The van der Waals surface area contributed by atoms with E-state index in [0.29, 0.717) is 0 Å². The Morgan fingerprint density at radius 1 is 1.23 bits per heavy atom. The quantitative estimate of drug-likeness (QED) is 0.652. The lowest BCUT2D eigenvalue weighted by Crippen LogP contribution is -2.59. The van der Waals surface area contributed by atoms with Gasteiger partial charge in [-0.15, -0.1) is 0 Å². The average molecular weight is 183 g/mol. The molecule has 0 aliphatic carbocycles. The van der Waals surface area contributed by atoms with Crippen molar-refractivity contribution in [2.75, 3.05) is 39.8 Å². The Balaban J connectivity index is 1.72. The van der Waals surface area contributed by atoms with Crippen LogP contribution >= 0.6 is 0 Å². The number of hydrogen-bond acceptors (Lipinski definition) is 3. The van der Waals surface area contributed by atoms with E-state index in [1.165, 1.54) is 39.0 Å². The minimum Gasteiger partial charge on any atom is -0.330 e. The fourth-order valence-electron chi connectivity index (χ4n) is 2.45. The van der Waals surface area contributed by atoms with E-state index in [2.05, 4.69) is 16.8 Å². The Morgan fingerprint density at radius 2 is 1.85 bits per heavy atom. The molecule has 13 heavy (non-hydrogen) atoms. The molecule has 0 bridgehead atoms. The number of likely N-dealkylation sites (N-methyl/N-ethyl adjacent to an activating group) is 1. The molecule has 0 aromatic heterocycles. The lowest BCUT2D eigenvalue weighted by molar-refractivity contribution is 0.0303. The van der Waals surface area contributed by atoms with E-state index in [-0.39, 0.29) is 0 Å². The van der Waals surface area contributed by atoms with Crippen LogP contribution in [0.3, 0.4) is 0 Å². The van der Waals surface area contributed by atoms with E-state index in [0.717, 1.165) is 18.5 Å². The van der Waals surface area contributed by atoms with E-state index in [1.54, 1.807) is 0 Å². The van der Waals surface area contributed by atoms with Gasteiger partial charge in [0.05, 0.1) is 0 Å². The number of hydrogen-bond donors (Lipinski definition) is 1. The molecule has 2 rings (SSSR count). The minimum absolute atomic E-state index is 0.800. The van der Waals surface area contributed by atoms with E-state index < -0.39 is 0 Å². The molecule has 2 aliphatic heterocycles. The van der Waals surface area contributed by atoms with E-state index in [4.69, 9.17) is 5.73 Å². The molecule has 2 aliphatic rings. The molecule has 2 fully saturated rings. The lowest BCUT2D eigenvalue weighted by atomic mass is 9.94. The third-order valence-corrected chi connectivity index (χ3v) is 3.54. The molecule has 2 N–H and O–H groups in total. The highest BCUT2D eigenvalue weighted by molar-refractivity contribution is 4.88. The molecule has 0 radical (unpaired) electrons. The maximum Gasteiger partial charge on any atom is 0.0350 e. The third kappa shape index (κ3) is 2.03. The standard InChI is InChI=1S/C10H21N3/c1-12-7-10(8-12)13-4-2-9(6-11)3-5-13/h9-10H,2-8,11H2,1H3. The first-order chi connectivity index (χ1) is 6.29. The van der Waals surface area contributed by atoms with E-state index >= 15 is 0 Å². The molecule has 3 nitrogen and oxygen atoms in total. The van der Waals surface area contributed by atoms with Crippen LogP contribution in [0.5, 0.6) is 0 Å². The summed E-state index contributed by atoms with van der Waals surface area (Å²) in [6.07, 6.45) is 2.63. The summed E-state index contributed by atoms with van der Waals surface area (Å²) in [6, 6.07) is 0.851. The molecule has 76 valence electrons. The Morgan fingerprint density at radius 3 is 2.31 bits per heavy atom. The molecular formula is C10H21N3. The van der Waals surface area contributed by atoms with Gasteiger partial charge in [-0.2, -0.15) is 0 Å². The summed E-state index contributed by atoms with van der Waals surface area (Å²) in [5.41, 5.74) is 5.67. The zero-order valence-electron chi connectivity index (χ0n) is 8.58. The fraction of sp³-hybridized carbons (Fsp3) is 1.00. The summed E-state index contributed by atoms with van der Waals surface area (Å²) in [5, 5.41) is 0. The van der Waals surface area contributed by atoms with Crippen molar-refractivity contribution in [2.24, 2.45) is 11.7 Å². The molecule has 0 unspecified atom stereocenters. The summed E-state index contributed by atoms with van der Waals surface area (Å²) in [4.78, 5) is 5.03. The summed E-state index contributed by atoms with van der Waals surface area (Å²) in [5.74, 6) is 0.800. The van der Waals surface area contributed by atoms with Crippen LogP contribution in [0.4, 0.5) is 0 Å². The molecule has 0 amide bonds. The van der Waals surface area contributed by atoms with Gasteiger partial charge in [-0.3, -0.25) is 4.90 Å². The van der Waals surface area contributed by atoms with Gasteiger partial charge in [-0.05, 0) is 45.4 Å². The van der Waals surface area contributed by atoms with Crippen LogP contribution in [0, 0.1) is 5.92 Å².